The molecule has 0 saturated carbocycles. The van der Waals surface area contributed by atoms with Crippen molar-refractivity contribution in [2.24, 2.45) is 0 Å². The van der Waals surface area contributed by atoms with Gasteiger partial charge in [0.2, 0.25) is 0 Å². The van der Waals surface area contributed by atoms with Crippen molar-refractivity contribution >= 4 is 5.97 Å². The number of aromatic nitrogens is 2. The second-order valence-electron chi connectivity index (χ2n) is 3.55. The Balaban J connectivity index is 1.99. The average molecular weight is 248 g/mol. The Morgan fingerprint density at radius 2 is 2.17 bits per heavy atom. The van der Waals surface area contributed by atoms with Crippen LogP contribution in [-0.4, -0.2) is 28.4 Å². The fourth-order valence-corrected chi connectivity index (χ4v) is 1.40. The number of rotatable bonds is 5. The molecule has 0 aliphatic rings. The van der Waals surface area contributed by atoms with E-state index in [9.17, 15) is 4.79 Å². The first-order chi connectivity index (χ1) is 8.69. The summed E-state index contributed by atoms with van der Waals surface area (Å²) in [6.07, 6.45) is 0. The van der Waals surface area contributed by atoms with Gasteiger partial charge in [0.15, 0.2) is 5.69 Å². The number of methoxy groups -OCH3 is 1. The van der Waals surface area contributed by atoms with Crippen LogP contribution < -0.4 is 9.47 Å². The molecule has 0 atom stereocenters. The van der Waals surface area contributed by atoms with Gasteiger partial charge in [-0.05, 0) is 18.2 Å². The number of carbonyl (C=O) groups is 1. The highest BCUT2D eigenvalue weighted by Gasteiger charge is 2.08. The fraction of sp³-hybridized carbons (Fsp3) is 0.167. The predicted molar refractivity (Wildman–Crippen MR) is 62.9 cm³/mol. The molecule has 1 heterocycles. The second kappa shape index (κ2) is 5.22. The number of carboxylic acids is 1. The van der Waals surface area contributed by atoms with Crippen LogP contribution in [0.5, 0.6) is 11.5 Å². The Bertz CT molecular complexity index is 551. The first-order valence-electron chi connectivity index (χ1n) is 5.23. The topological polar surface area (TPSA) is 84.4 Å². The summed E-state index contributed by atoms with van der Waals surface area (Å²) in [4.78, 5) is 10.6. The molecular weight excluding hydrogens is 236 g/mol. The molecule has 2 N–H and O–H groups in total. The molecule has 18 heavy (non-hydrogen) atoms. The molecule has 0 spiro atoms. The van der Waals surface area contributed by atoms with E-state index in [1.165, 1.54) is 6.07 Å². The molecule has 6 heteroatoms. The zero-order valence-electron chi connectivity index (χ0n) is 9.71. The Labute approximate surface area is 103 Å². The number of benzene rings is 1. The van der Waals surface area contributed by atoms with Crippen LogP contribution in [0.2, 0.25) is 0 Å². The molecule has 0 amide bonds. The van der Waals surface area contributed by atoms with Crippen LogP contribution in [0, 0.1) is 0 Å². The third-order valence-electron chi connectivity index (χ3n) is 2.29. The van der Waals surface area contributed by atoms with E-state index in [0.29, 0.717) is 17.2 Å². The minimum atomic E-state index is -1.07. The molecule has 0 aliphatic heterocycles. The maximum atomic E-state index is 10.6. The highest BCUT2D eigenvalue weighted by molar-refractivity contribution is 5.85. The maximum Gasteiger partial charge on any atom is 0.356 e. The largest absolute Gasteiger partial charge is 0.497 e. The molecule has 0 bridgehead atoms. The van der Waals surface area contributed by atoms with E-state index in [1.807, 2.05) is 12.1 Å². The SMILES string of the molecule is COc1cccc(OCc2cc(C(=O)O)n[nH]2)c1. The molecule has 2 aromatic rings. The lowest BCUT2D eigenvalue weighted by molar-refractivity contribution is 0.0690. The molecule has 94 valence electrons. The Morgan fingerprint density at radius 1 is 1.39 bits per heavy atom. The Hall–Kier alpha value is -2.50. The number of ether oxygens (including phenoxy) is 2. The quantitative estimate of drug-likeness (QED) is 0.841. The van der Waals surface area contributed by atoms with Crippen molar-refractivity contribution < 1.29 is 19.4 Å². The number of aromatic carboxylic acids is 1. The van der Waals surface area contributed by atoms with Crippen molar-refractivity contribution in [1.82, 2.24) is 10.2 Å². The second-order valence-corrected chi connectivity index (χ2v) is 3.55. The van der Waals surface area contributed by atoms with Gasteiger partial charge in [0, 0.05) is 6.07 Å². The summed E-state index contributed by atoms with van der Waals surface area (Å²) in [7, 11) is 1.58. The van der Waals surface area contributed by atoms with Gasteiger partial charge in [-0.1, -0.05) is 6.07 Å². The zero-order valence-corrected chi connectivity index (χ0v) is 9.71. The zero-order chi connectivity index (χ0) is 13.0. The fourth-order valence-electron chi connectivity index (χ4n) is 1.40. The van der Waals surface area contributed by atoms with Gasteiger partial charge >= 0.3 is 5.97 Å². The summed E-state index contributed by atoms with van der Waals surface area (Å²) >= 11 is 0. The van der Waals surface area contributed by atoms with E-state index >= 15 is 0 Å². The molecule has 0 saturated heterocycles. The van der Waals surface area contributed by atoms with Gasteiger partial charge in [-0.25, -0.2) is 4.79 Å². The van der Waals surface area contributed by atoms with Crippen LogP contribution in [-0.2, 0) is 6.61 Å². The minimum absolute atomic E-state index is 0.0285. The van der Waals surface area contributed by atoms with Gasteiger partial charge in [0.05, 0.1) is 12.8 Å². The van der Waals surface area contributed by atoms with E-state index in [4.69, 9.17) is 14.6 Å². The maximum absolute atomic E-state index is 10.6. The highest BCUT2D eigenvalue weighted by atomic mass is 16.5. The summed E-state index contributed by atoms with van der Waals surface area (Å²) in [6, 6.07) is 8.59. The van der Waals surface area contributed by atoms with E-state index in [1.54, 1.807) is 19.2 Å². The lowest BCUT2D eigenvalue weighted by Crippen LogP contribution is -1.96. The van der Waals surface area contributed by atoms with Gasteiger partial charge in [-0.2, -0.15) is 5.10 Å². The van der Waals surface area contributed by atoms with Crippen LogP contribution in [0.3, 0.4) is 0 Å². The molecule has 0 fully saturated rings. The number of aromatic amines is 1. The lowest BCUT2D eigenvalue weighted by atomic mass is 10.3. The number of carboxylic acid groups (broad SMARTS) is 1. The molecule has 2 rings (SSSR count). The summed E-state index contributed by atoms with van der Waals surface area (Å²) in [6.45, 7) is 0.216. The molecule has 0 unspecified atom stereocenters. The number of hydrogen-bond acceptors (Lipinski definition) is 4. The summed E-state index contributed by atoms with van der Waals surface area (Å²) in [5, 5.41) is 14.9. The van der Waals surface area contributed by atoms with E-state index < -0.39 is 5.97 Å². The molecule has 1 aromatic heterocycles. The molecule has 6 nitrogen and oxygen atoms in total. The molecule has 1 aromatic carbocycles. The Kier molecular flexibility index (Phi) is 3.47. The minimum Gasteiger partial charge on any atom is -0.497 e. The third-order valence-corrected chi connectivity index (χ3v) is 2.29. The van der Waals surface area contributed by atoms with Gasteiger partial charge in [0.25, 0.3) is 0 Å². The van der Waals surface area contributed by atoms with Gasteiger partial charge in [-0.3, -0.25) is 5.10 Å². The number of H-pyrrole nitrogens is 1. The van der Waals surface area contributed by atoms with E-state index in [0.717, 1.165) is 0 Å². The molecule has 0 radical (unpaired) electrons. The van der Waals surface area contributed by atoms with Crippen molar-refractivity contribution in [3.63, 3.8) is 0 Å². The summed E-state index contributed by atoms with van der Waals surface area (Å²) in [5.41, 5.74) is 0.564. The molecule has 0 aliphatic carbocycles. The predicted octanol–water partition coefficient (Wildman–Crippen LogP) is 1.70. The third kappa shape index (κ3) is 2.79. The van der Waals surface area contributed by atoms with Gasteiger partial charge in [0.1, 0.15) is 18.1 Å². The van der Waals surface area contributed by atoms with Gasteiger partial charge in [-0.15, -0.1) is 0 Å². The van der Waals surface area contributed by atoms with Crippen LogP contribution in [0.4, 0.5) is 0 Å². The number of nitrogens with zero attached hydrogens (tertiary/aromatic N) is 1. The monoisotopic (exact) mass is 248 g/mol. The van der Waals surface area contributed by atoms with Crippen molar-refractivity contribution in [2.45, 2.75) is 6.61 Å². The summed E-state index contributed by atoms with van der Waals surface area (Å²) in [5.74, 6) is 0.267. The smallest absolute Gasteiger partial charge is 0.356 e. The van der Waals surface area contributed by atoms with Crippen LogP contribution in [0.25, 0.3) is 0 Å². The first kappa shape index (κ1) is 12.0. The van der Waals surface area contributed by atoms with Crippen LogP contribution in [0.1, 0.15) is 16.2 Å². The number of hydrogen-bond donors (Lipinski definition) is 2. The van der Waals surface area contributed by atoms with Crippen molar-refractivity contribution in [3.8, 4) is 11.5 Å². The normalized spacial score (nSPS) is 10.1. The Morgan fingerprint density at radius 3 is 2.83 bits per heavy atom. The lowest BCUT2D eigenvalue weighted by Gasteiger charge is -2.06. The van der Waals surface area contributed by atoms with Gasteiger partial charge < -0.3 is 14.6 Å². The molecular formula is C12H12N2O4. The van der Waals surface area contributed by atoms with Crippen molar-refractivity contribution in [3.05, 3.63) is 41.7 Å². The average Bonchev–Trinajstić information content (AvgIpc) is 2.85. The highest BCUT2D eigenvalue weighted by Crippen LogP contribution is 2.19. The summed E-state index contributed by atoms with van der Waals surface area (Å²) < 4.78 is 10.5. The van der Waals surface area contributed by atoms with Crippen molar-refractivity contribution in [2.75, 3.05) is 7.11 Å². The van der Waals surface area contributed by atoms with E-state index in [-0.39, 0.29) is 12.3 Å². The number of nitrogens with one attached hydrogen (secondary N) is 1. The van der Waals surface area contributed by atoms with E-state index in [2.05, 4.69) is 10.2 Å². The van der Waals surface area contributed by atoms with Crippen molar-refractivity contribution in [1.29, 1.82) is 0 Å². The van der Waals surface area contributed by atoms with Crippen LogP contribution in [0.15, 0.2) is 30.3 Å². The van der Waals surface area contributed by atoms with Crippen LogP contribution >= 0.6 is 0 Å². The standard InChI is InChI=1S/C12H12N2O4/c1-17-9-3-2-4-10(6-9)18-7-8-5-11(12(15)16)14-13-8/h2-6H,7H2,1H3,(H,13,14)(H,15,16). The first-order valence-corrected chi connectivity index (χ1v) is 5.23.